The Labute approximate surface area is 439 Å². The van der Waals surface area contributed by atoms with Crippen molar-refractivity contribution in [2.45, 2.75) is 37.0 Å². The first-order chi connectivity index (χ1) is 36.1. The number of nitrogens with zero attached hydrogens (tertiary/aromatic N) is 12. The average Bonchev–Trinajstić information content (AvgIpc) is 4.29. The number of aromatic nitrogens is 8. The molecular weight excluding hydrogens is 1030 g/mol. The summed E-state index contributed by atoms with van der Waals surface area (Å²) in [5.74, 6) is 8.51. The number of nitrogens with two attached hydrogens (primary N) is 2. The van der Waals surface area contributed by atoms with Crippen LogP contribution < -0.4 is 31.6 Å². The van der Waals surface area contributed by atoms with Gasteiger partial charge in [0.2, 0.25) is 11.8 Å². The van der Waals surface area contributed by atoms with E-state index in [0.717, 1.165) is 4.47 Å². The molecule has 0 aliphatic carbocycles. The van der Waals surface area contributed by atoms with Crippen LogP contribution in [0, 0.1) is 46.8 Å². The number of fused-ring (bicyclic) bond motifs is 2. The molecule has 0 aromatic carbocycles. The quantitative estimate of drug-likeness (QED) is 0.0900. The molecule has 6 aromatic rings. The third kappa shape index (κ3) is 11.4. The number of ether oxygens (including phenoxy) is 4. The number of nitriles is 2. The van der Waals surface area contributed by atoms with Gasteiger partial charge in [0.1, 0.15) is 74.3 Å². The molecule has 2 fully saturated rings. The molecule has 388 valence electrons. The molecule has 2 saturated heterocycles. The number of rotatable bonds is 14. The summed E-state index contributed by atoms with van der Waals surface area (Å²) in [5, 5.41) is 41.3. The van der Waals surface area contributed by atoms with E-state index in [9.17, 15) is 24.4 Å². The Balaban J connectivity index is 0.000000204. The highest BCUT2D eigenvalue weighted by Gasteiger charge is 2.39. The minimum absolute atomic E-state index is 0.106. The van der Waals surface area contributed by atoms with Crippen LogP contribution >= 0.6 is 15.9 Å². The van der Waals surface area contributed by atoms with E-state index in [2.05, 4.69) is 90.0 Å². The molecule has 0 radical (unpaired) electrons. The summed E-state index contributed by atoms with van der Waals surface area (Å²) in [4.78, 5) is 52.0. The van der Waals surface area contributed by atoms with Crippen LogP contribution in [0.4, 0.5) is 11.6 Å². The number of primary amides is 2. The fourth-order valence-electron chi connectivity index (χ4n) is 8.96. The third-order valence-corrected chi connectivity index (χ3v) is 12.6. The van der Waals surface area contributed by atoms with Crippen molar-refractivity contribution < 1.29 is 38.1 Å². The van der Waals surface area contributed by atoms with E-state index in [1.165, 1.54) is 36.2 Å². The number of nitrogens with one attached hydrogen (secondary N) is 2. The highest BCUT2D eigenvalue weighted by atomic mass is 79.9. The molecular formula is C50H53BrN16O8. The molecule has 0 saturated carbocycles. The third-order valence-electron chi connectivity index (χ3n) is 12.2. The van der Waals surface area contributed by atoms with Crippen LogP contribution in [0.1, 0.15) is 73.7 Å². The van der Waals surface area contributed by atoms with Gasteiger partial charge >= 0.3 is 0 Å². The number of anilines is 2. The molecule has 0 spiro atoms. The lowest BCUT2D eigenvalue weighted by molar-refractivity contribution is -0.128. The number of carbonyl (C=O) groups is 4. The smallest absolute Gasteiger partial charge is 0.255 e. The number of pyridine rings is 2. The van der Waals surface area contributed by atoms with Gasteiger partial charge in [-0.3, -0.25) is 19.2 Å². The Morgan fingerprint density at radius 2 is 1.21 bits per heavy atom. The molecule has 0 unspecified atom stereocenters. The summed E-state index contributed by atoms with van der Waals surface area (Å²) < 4.78 is 28.4. The fourth-order valence-corrected chi connectivity index (χ4v) is 9.36. The van der Waals surface area contributed by atoms with Gasteiger partial charge in [-0.25, -0.2) is 18.4 Å². The minimum Gasteiger partial charge on any atom is -0.494 e. The maximum absolute atomic E-state index is 12.4. The van der Waals surface area contributed by atoms with Crippen molar-refractivity contribution in [3.05, 3.63) is 106 Å². The summed E-state index contributed by atoms with van der Waals surface area (Å²) in [6, 6.07) is 6.95. The lowest BCUT2D eigenvalue weighted by Gasteiger charge is -2.22. The molecule has 0 bridgehead atoms. The van der Waals surface area contributed by atoms with Gasteiger partial charge in [-0.2, -0.15) is 30.9 Å². The Morgan fingerprint density at radius 3 is 1.63 bits per heavy atom. The molecule has 2 aliphatic rings. The molecule has 25 heteroatoms. The van der Waals surface area contributed by atoms with Crippen LogP contribution in [0.5, 0.6) is 11.5 Å². The van der Waals surface area contributed by atoms with Crippen molar-refractivity contribution >= 4 is 62.2 Å². The molecule has 4 amide bonds. The number of amides is 4. The first-order valence-electron chi connectivity index (χ1n) is 22.7. The fraction of sp³-hybridized carbons (Fsp3) is 0.320. The van der Waals surface area contributed by atoms with Crippen molar-refractivity contribution in [1.29, 1.82) is 10.5 Å². The van der Waals surface area contributed by atoms with Gasteiger partial charge in [0.25, 0.3) is 11.8 Å². The maximum Gasteiger partial charge on any atom is 0.255 e. The second-order valence-corrected chi connectivity index (χ2v) is 17.4. The second kappa shape index (κ2) is 24.5. The zero-order valence-corrected chi connectivity index (χ0v) is 43.4. The number of hydrogen-bond acceptors (Lipinski definition) is 16. The topological polar surface area (TPSA) is 306 Å². The van der Waals surface area contributed by atoms with Crippen LogP contribution in [-0.2, 0) is 19.1 Å². The van der Waals surface area contributed by atoms with Crippen molar-refractivity contribution in [1.82, 2.24) is 48.6 Å². The van der Waals surface area contributed by atoms with Crippen LogP contribution in [0.2, 0.25) is 0 Å². The van der Waals surface area contributed by atoms with E-state index in [1.807, 2.05) is 0 Å². The molecule has 6 aromatic heterocycles. The normalized spacial score (nSPS) is 16.4. The second-order valence-electron chi connectivity index (χ2n) is 16.5. The Kier molecular flexibility index (Phi) is 18.0. The van der Waals surface area contributed by atoms with Crippen LogP contribution in [0.15, 0.2) is 66.7 Å². The van der Waals surface area contributed by atoms with Crippen LogP contribution in [0.25, 0.3) is 11.0 Å². The van der Waals surface area contributed by atoms with Crippen LogP contribution in [0.3, 0.4) is 0 Å². The van der Waals surface area contributed by atoms with Crippen molar-refractivity contribution in [2.75, 3.05) is 79.5 Å². The van der Waals surface area contributed by atoms with Gasteiger partial charge < -0.3 is 50.8 Å². The van der Waals surface area contributed by atoms with E-state index >= 15 is 0 Å². The summed E-state index contributed by atoms with van der Waals surface area (Å²) in [7, 11) is 9.54. The number of carbonyl (C=O) groups excluding carboxylic acids is 4. The maximum atomic E-state index is 12.4. The first-order valence-corrected chi connectivity index (χ1v) is 23.5. The number of terminal acetylenes is 1. The molecule has 4 atom stereocenters. The summed E-state index contributed by atoms with van der Waals surface area (Å²) in [6.07, 6.45) is 15.5. The lowest BCUT2D eigenvalue weighted by atomic mass is 10.1. The predicted octanol–water partition coefficient (Wildman–Crippen LogP) is 2.88. The lowest BCUT2D eigenvalue weighted by Crippen LogP contribution is -2.37. The number of likely N-dealkylation sites (tertiary alicyclic amines) is 2. The summed E-state index contributed by atoms with van der Waals surface area (Å²) in [6.45, 7) is 8.64. The SMILES string of the molecule is C#Cc1nn([C@H]2C[C@H](COC)N(C(=O)C=C)C2)c(NC)c1C(N)=O.C=CC(=O)N1C[C@@H](n2nc(C#Cc3cc(OC)c4c(C#N)cnn4c3)c(C(N)=O)c2NC)C[C@@H]1COC.COc1cc(Br)cn2ncc(C#N)c12. The Morgan fingerprint density at radius 1 is 0.760 bits per heavy atom. The van der Waals surface area contributed by atoms with Crippen molar-refractivity contribution in [3.8, 4) is 47.8 Å². The summed E-state index contributed by atoms with van der Waals surface area (Å²) >= 11 is 3.33. The molecule has 6 N–H and O–H groups in total. The molecule has 75 heavy (non-hydrogen) atoms. The highest BCUT2D eigenvalue weighted by molar-refractivity contribution is 9.10. The zero-order valence-electron chi connectivity index (χ0n) is 41.8. The van der Waals surface area contributed by atoms with Gasteiger partial charge in [-0.1, -0.05) is 19.1 Å². The monoisotopic (exact) mass is 1080 g/mol. The van der Waals surface area contributed by atoms with E-state index in [4.69, 9.17) is 42.1 Å². The van der Waals surface area contributed by atoms with E-state index < -0.39 is 11.8 Å². The van der Waals surface area contributed by atoms with Crippen molar-refractivity contribution in [2.24, 2.45) is 11.5 Å². The molecule has 24 nitrogen and oxygen atoms in total. The van der Waals surface area contributed by atoms with Crippen molar-refractivity contribution in [3.63, 3.8) is 0 Å². The van der Waals surface area contributed by atoms with Gasteiger partial charge in [0, 0.05) is 63.8 Å². The zero-order chi connectivity index (χ0) is 54.7. The standard InChI is InChI=1S/C25H26N8O4.C16H21N5O3.C9H6BrN3O/c1-5-21(34)31-13-17(9-18(31)14-36-3)33-25(28-2)22(24(27)35)19(30-33)7-6-15-8-20(37-4)23-16(10-26)11-29-32(23)12-15;1-5-12-14(15(17)23)16(18-3)21(19-12)10-7-11(9-24-4)20(8-10)13(22)6-2;1-14-8-2-7(10)5-13-9(8)6(3-11)4-12-13/h5,8,11-12,17-18,28H,1,9,13-14H2,2-4H3,(H2,27,35);1,6,10-11,18H,2,7-9H2,3-4H3,(H2,17,23);2,4-5H,1H3/t17-,18+;10-,11+;/m00./s1. The summed E-state index contributed by atoms with van der Waals surface area (Å²) in [5.41, 5.74) is 14.5. The largest absolute Gasteiger partial charge is 0.494 e. The van der Waals surface area contributed by atoms with E-state index in [0.29, 0.717) is 90.0 Å². The first kappa shape index (κ1) is 55.2. The predicted molar refractivity (Wildman–Crippen MR) is 278 cm³/mol. The molecule has 8 heterocycles. The van der Waals surface area contributed by atoms with Gasteiger partial charge in [0.05, 0.1) is 64.0 Å². The van der Waals surface area contributed by atoms with E-state index in [1.54, 1.807) is 83.6 Å². The van der Waals surface area contributed by atoms with Crippen LogP contribution in [-0.4, -0.2) is 153 Å². The number of methoxy groups -OCH3 is 4. The van der Waals surface area contributed by atoms with Gasteiger partial charge in [-0.15, -0.1) is 6.42 Å². The highest BCUT2D eigenvalue weighted by Crippen LogP contribution is 2.35. The van der Waals surface area contributed by atoms with Gasteiger partial charge in [-0.05, 0) is 64.9 Å². The Bertz CT molecular complexity index is 3380. The average molecular weight is 1090 g/mol. The number of hydrogen-bond donors (Lipinski definition) is 4. The molecule has 2 aliphatic heterocycles. The molecule has 8 rings (SSSR count). The Hall–Kier alpha value is -9.14. The van der Waals surface area contributed by atoms with E-state index in [-0.39, 0.29) is 58.5 Å². The minimum atomic E-state index is -0.691. The number of halogens is 1. The van der Waals surface area contributed by atoms with Gasteiger partial charge in [0.15, 0.2) is 5.69 Å².